The van der Waals surface area contributed by atoms with Gasteiger partial charge in [-0.05, 0) is 31.9 Å². The lowest BCUT2D eigenvalue weighted by atomic mass is 10.0. The van der Waals surface area contributed by atoms with Crippen LogP contribution in [-0.2, 0) is 4.79 Å². The van der Waals surface area contributed by atoms with Crippen molar-refractivity contribution in [3.63, 3.8) is 0 Å². The Morgan fingerprint density at radius 3 is 2.78 bits per heavy atom. The minimum atomic E-state index is -0.183. The highest BCUT2D eigenvalue weighted by Crippen LogP contribution is 2.16. The maximum Gasteiger partial charge on any atom is 0.287 e. The van der Waals surface area contributed by atoms with Crippen molar-refractivity contribution >= 4 is 11.8 Å². The summed E-state index contributed by atoms with van der Waals surface area (Å²) in [5.74, 6) is 0.279. The SMILES string of the molecule is C[C@H](CC1=CCN(CC(=O)N(C)C)CC1)NC(=O)c1ccco1. The molecule has 6 heteroatoms. The van der Waals surface area contributed by atoms with Gasteiger partial charge in [0.05, 0.1) is 12.8 Å². The summed E-state index contributed by atoms with van der Waals surface area (Å²) in [7, 11) is 3.55. The average molecular weight is 319 g/mol. The van der Waals surface area contributed by atoms with Gasteiger partial charge in [-0.1, -0.05) is 11.6 Å². The Kier molecular flexibility index (Phi) is 5.98. The first-order valence-electron chi connectivity index (χ1n) is 7.90. The zero-order valence-corrected chi connectivity index (χ0v) is 14.0. The van der Waals surface area contributed by atoms with E-state index in [1.807, 2.05) is 6.92 Å². The number of amides is 2. The topological polar surface area (TPSA) is 65.8 Å². The normalized spacial score (nSPS) is 16.6. The van der Waals surface area contributed by atoms with Gasteiger partial charge >= 0.3 is 0 Å². The van der Waals surface area contributed by atoms with Gasteiger partial charge in [-0.25, -0.2) is 0 Å². The molecule has 0 saturated heterocycles. The Hall–Kier alpha value is -2.08. The van der Waals surface area contributed by atoms with Crippen LogP contribution >= 0.6 is 0 Å². The van der Waals surface area contributed by atoms with E-state index in [0.717, 1.165) is 25.9 Å². The van der Waals surface area contributed by atoms with Gasteiger partial charge in [0.25, 0.3) is 5.91 Å². The van der Waals surface area contributed by atoms with E-state index in [4.69, 9.17) is 4.42 Å². The molecule has 0 bridgehead atoms. The summed E-state index contributed by atoms with van der Waals surface area (Å²) in [6.07, 6.45) is 5.42. The standard InChI is InChI=1S/C17H25N3O3/c1-13(18-17(22)15-5-4-10-23-15)11-14-6-8-20(9-7-14)12-16(21)19(2)3/h4-6,10,13H,7-9,11-12H2,1-3H3,(H,18,22)/t13-/m1/s1. The van der Waals surface area contributed by atoms with Gasteiger partial charge in [0, 0.05) is 33.2 Å². The van der Waals surface area contributed by atoms with Gasteiger partial charge in [0.15, 0.2) is 5.76 Å². The third-order valence-corrected chi connectivity index (χ3v) is 3.94. The fourth-order valence-electron chi connectivity index (χ4n) is 2.56. The molecular weight excluding hydrogens is 294 g/mol. The van der Waals surface area contributed by atoms with E-state index in [0.29, 0.717) is 12.3 Å². The van der Waals surface area contributed by atoms with Crippen LogP contribution in [-0.4, -0.2) is 61.4 Å². The maximum atomic E-state index is 11.9. The van der Waals surface area contributed by atoms with Crippen molar-refractivity contribution in [3.05, 3.63) is 35.8 Å². The van der Waals surface area contributed by atoms with Crippen molar-refractivity contribution in [2.24, 2.45) is 0 Å². The van der Waals surface area contributed by atoms with Crippen molar-refractivity contribution in [1.82, 2.24) is 15.1 Å². The Bertz CT molecular complexity index is 564. The van der Waals surface area contributed by atoms with Gasteiger partial charge in [-0.15, -0.1) is 0 Å². The highest BCUT2D eigenvalue weighted by Gasteiger charge is 2.18. The Morgan fingerprint density at radius 1 is 1.43 bits per heavy atom. The zero-order chi connectivity index (χ0) is 16.8. The van der Waals surface area contributed by atoms with Crippen LogP contribution < -0.4 is 5.32 Å². The van der Waals surface area contributed by atoms with Crippen LogP contribution in [0.3, 0.4) is 0 Å². The molecule has 0 radical (unpaired) electrons. The Labute approximate surface area is 137 Å². The van der Waals surface area contributed by atoms with E-state index < -0.39 is 0 Å². The molecule has 0 unspecified atom stereocenters. The molecule has 2 heterocycles. The van der Waals surface area contributed by atoms with Crippen LogP contribution in [0, 0.1) is 0 Å². The molecule has 1 atom stereocenters. The summed E-state index contributed by atoms with van der Waals surface area (Å²) in [4.78, 5) is 27.4. The van der Waals surface area contributed by atoms with Gasteiger partial charge in [0.2, 0.25) is 5.91 Å². The molecule has 0 aliphatic carbocycles. The number of rotatable bonds is 6. The van der Waals surface area contributed by atoms with Gasteiger partial charge in [-0.3, -0.25) is 14.5 Å². The van der Waals surface area contributed by atoms with Crippen LogP contribution in [0.25, 0.3) is 0 Å². The van der Waals surface area contributed by atoms with E-state index in [-0.39, 0.29) is 17.9 Å². The van der Waals surface area contributed by atoms with E-state index in [2.05, 4.69) is 16.3 Å². The van der Waals surface area contributed by atoms with Crippen molar-refractivity contribution in [2.45, 2.75) is 25.8 Å². The molecule has 126 valence electrons. The zero-order valence-electron chi connectivity index (χ0n) is 14.0. The fourth-order valence-corrected chi connectivity index (χ4v) is 2.56. The number of hydrogen-bond donors (Lipinski definition) is 1. The van der Waals surface area contributed by atoms with Gasteiger partial charge in [-0.2, -0.15) is 0 Å². The highest BCUT2D eigenvalue weighted by atomic mass is 16.3. The summed E-state index contributed by atoms with van der Waals surface area (Å²) in [6.45, 7) is 4.11. The first-order chi connectivity index (χ1) is 11.0. The number of likely N-dealkylation sites (N-methyl/N-ethyl adjacent to an activating group) is 1. The second-order valence-electron chi connectivity index (χ2n) is 6.19. The molecule has 0 spiro atoms. The molecular formula is C17H25N3O3. The average Bonchev–Trinajstić information content (AvgIpc) is 3.03. The number of nitrogens with one attached hydrogen (secondary N) is 1. The fraction of sp³-hybridized carbons (Fsp3) is 0.529. The van der Waals surface area contributed by atoms with Crippen molar-refractivity contribution in [1.29, 1.82) is 0 Å². The second-order valence-corrected chi connectivity index (χ2v) is 6.19. The monoisotopic (exact) mass is 319 g/mol. The first-order valence-corrected chi connectivity index (χ1v) is 7.90. The number of carbonyl (C=O) groups is 2. The van der Waals surface area contributed by atoms with Crippen LogP contribution in [0.15, 0.2) is 34.5 Å². The molecule has 2 rings (SSSR count). The summed E-state index contributed by atoms with van der Waals surface area (Å²) in [5.41, 5.74) is 1.32. The quantitative estimate of drug-likeness (QED) is 0.807. The van der Waals surface area contributed by atoms with E-state index in [1.165, 1.54) is 11.8 Å². The number of hydrogen-bond acceptors (Lipinski definition) is 4. The number of nitrogens with zero attached hydrogens (tertiary/aromatic N) is 2. The van der Waals surface area contributed by atoms with Gasteiger partial charge < -0.3 is 14.6 Å². The smallest absolute Gasteiger partial charge is 0.287 e. The lowest BCUT2D eigenvalue weighted by molar-refractivity contribution is -0.129. The van der Waals surface area contributed by atoms with Crippen molar-refractivity contribution in [3.8, 4) is 0 Å². The molecule has 6 nitrogen and oxygen atoms in total. The van der Waals surface area contributed by atoms with E-state index in [9.17, 15) is 9.59 Å². The predicted octanol–water partition coefficient (Wildman–Crippen LogP) is 1.51. The molecule has 0 fully saturated rings. The molecule has 1 aliphatic rings. The summed E-state index contributed by atoms with van der Waals surface area (Å²) >= 11 is 0. The van der Waals surface area contributed by atoms with E-state index >= 15 is 0 Å². The third-order valence-electron chi connectivity index (χ3n) is 3.94. The molecule has 1 aromatic heterocycles. The lowest BCUT2D eigenvalue weighted by Crippen LogP contribution is -2.39. The van der Waals surface area contributed by atoms with Crippen molar-refractivity contribution in [2.75, 3.05) is 33.7 Å². The maximum absolute atomic E-state index is 11.9. The predicted molar refractivity (Wildman–Crippen MR) is 88.1 cm³/mol. The molecule has 0 saturated carbocycles. The molecule has 23 heavy (non-hydrogen) atoms. The Morgan fingerprint density at radius 2 is 2.22 bits per heavy atom. The summed E-state index contributed by atoms with van der Waals surface area (Å²) < 4.78 is 5.09. The Balaban J connectivity index is 1.77. The second kappa shape index (κ2) is 7.97. The van der Waals surface area contributed by atoms with Crippen LogP contribution in [0.5, 0.6) is 0 Å². The molecule has 1 aliphatic heterocycles. The van der Waals surface area contributed by atoms with Crippen molar-refractivity contribution < 1.29 is 14.0 Å². The van der Waals surface area contributed by atoms with Crippen LogP contribution in [0.2, 0.25) is 0 Å². The summed E-state index contributed by atoms with van der Waals surface area (Å²) in [5, 5.41) is 2.94. The minimum absolute atomic E-state index is 0.0498. The molecule has 1 aromatic rings. The third kappa shape index (κ3) is 5.25. The van der Waals surface area contributed by atoms with Crippen LogP contribution in [0.1, 0.15) is 30.3 Å². The summed E-state index contributed by atoms with van der Waals surface area (Å²) in [6, 6.07) is 3.41. The van der Waals surface area contributed by atoms with E-state index in [1.54, 1.807) is 31.1 Å². The molecule has 1 N–H and O–H groups in total. The largest absolute Gasteiger partial charge is 0.459 e. The van der Waals surface area contributed by atoms with Crippen LogP contribution in [0.4, 0.5) is 0 Å². The molecule has 2 amide bonds. The highest BCUT2D eigenvalue weighted by molar-refractivity contribution is 5.91. The first kappa shape index (κ1) is 17.3. The van der Waals surface area contributed by atoms with Gasteiger partial charge in [0.1, 0.15) is 0 Å². The molecule has 0 aromatic carbocycles. The lowest BCUT2D eigenvalue weighted by Gasteiger charge is -2.27. The minimum Gasteiger partial charge on any atom is -0.459 e. The number of furan rings is 1. The number of carbonyl (C=O) groups excluding carboxylic acids is 2.